The second-order valence-corrected chi connectivity index (χ2v) is 10.6. The Morgan fingerprint density at radius 2 is 1.65 bits per heavy atom. The minimum atomic E-state index is -0.501. The number of nitrogens with zero attached hydrogens (tertiary/aromatic N) is 3. The number of anilines is 1. The van der Waals surface area contributed by atoms with Crippen LogP contribution in [0.25, 0.3) is 0 Å². The summed E-state index contributed by atoms with van der Waals surface area (Å²) in [6.45, 7) is 16.1. The van der Waals surface area contributed by atoms with Crippen LogP contribution in [0.3, 0.4) is 0 Å². The van der Waals surface area contributed by atoms with Crippen LogP contribution in [0.4, 0.5) is 5.82 Å². The average molecular weight is 426 g/mol. The number of pyridine rings is 1. The van der Waals surface area contributed by atoms with E-state index in [0.717, 1.165) is 44.2 Å². The summed E-state index contributed by atoms with van der Waals surface area (Å²) in [5, 5.41) is 10.5. The van der Waals surface area contributed by atoms with Gasteiger partial charge in [0, 0.05) is 38.9 Å². The molecule has 2 heterocycles. The van der Waals surface area contributed by atoms with E-state index in [1.54, 1.807) is 0 Å². The second-order valence-electron chi connectivity index (χ2n) is 10.6. The van der Waals surface area contributed by atoms with Crippen molar-refractivity contribution in [2.24, 2.45) is 5.41 Å². The van der Waals surface area contributed by atoms with E-state index in [-0.39, 0.29) is 10.8 Å². The van der Waals surface area contributed by atoms with Crippen molar-refractivity contribution in [1.82, 2.24) is 9.88 Å². The molecule has 1 atom stereocenters. The van der Waals surface area contributed by atoms with E-state index in [4.69, 9.17) is 4.74 Å². The molecular formula is C26H39N3O2. The molecule has 0 aliphatic carbocycles. The van der Waals surface area contributed by atoms with Gasteiger partial charge in [-0.1, -0.05) is 52.8 Å². The number of hydrogen-bond donors (Lipinski definition) is 1. The lowest BCUT2D eigenvalue weighted by Gasteiger charge is -2.36. The van der Waals surface area contributed by atoms with Gasteiger partial charge in [0.05, 0.1) is 0 Å². The maximum Gasteiger partial charge on any atom is 0.128 e. The Balaban J connectivity index is 1.42. The van der Waals surface area contributed by atoms with Crippen LogP contribution in [0.5, 0.6) is 5.75 Å². The van der Waals surface area contributed by atoms with E-state index in [2.05, 4.69) is 61.5 Å². The van der Waals surface area contributed by atoms with Gasteiger partial charge >= 0.3 is 0 Å². The van der Waals surface area contributed by atoms with E-state index in [1.165, 1.54) is 5.56 Å². The Morgan fingerprint density at radius 3 is 2.23 bits per heavy atom. The lowest BCUT2D eigenvalue weighted by atomic mass is 9.72. The predicted molar refractivity (Wildman–Crippen MR) is 128 cm³/mol. The third-order valence-electron chi connectivity index (χ3n) is 5.86. The van der Waals surface area contributed by atoms with Gasteiger partial charge < -0.3 is 14.7 Å². The third-order valence-corrected chi connectivity index (χ3v) is 5.86. The Morgan fingerprint density at radius 1 is 0.968 bits per heavy atom. The molecule has 0 bridgehead atoms. The van der Waals surface area contributed by atoms with Crippen molar-refractivity contribution in [3.8, 4) is 5.75 Å². The van der Waals surface area contributed by atoms with Crippen LogP contribution in [0, 0.1) is 5.41 Å². The largest absolute Gasteiger partial charge is 0.491 e. The van der Waals surface area contributed by atoms with Gasteiger partial charge in [0.25, 0.3) is 0 Å². The number of rotatable bonds is 8. The fourth-order valence-corrected chi connectivity index (χ4v) is 4.67. The summed E-state index contributed by atoms with van der Waals surface area (Å²) in [5.41, 5.74) is 1.72. The molecule has 0 saturated carbocycles. The zero-order valence-electron chi connectivity index (χ0n) is 19.8. The average Bonchev–Trinajstić information content (AvgIpc) is 2.72. The number of piperazine rings is 1. The molecule has 31 heavy (non-hydrogen) atoms. The molecule has 3 rings (SSSR count). The fourth-order valence-electron chi connectivity index (χ4n) is 4.67. The second kappa shape index (κ2) is 10.0. The first-order chi connectivity index (χ1) is 14.6. The van der Waals surface area contributed by atoms with Crippen LogP contribution in [0.15, 0.2) is 48.7 Å². The van der Waals surface area contributed by atoms with Crippen molar-refractivity contribution in [3.05, 3.63) is 54.2 Å². The van der Waals surface area contributed by atoms with E-state index in [1.807, 2.05) is 36.5 Å². The summed E-state index contributed by atoms with van der Waals surface area (Å²) in [4.78, 5) is 9.02. The van der Waals surface area contributed by atoms with Gasteiger partial charge in [-0.3, -0.25) is 4.90 Å². The molecule has 1 aromatic carbocycles. The Kier molecular flexibility index (Phi) is 7.60. The molecule has 5 nitrogen and oxygen atoms in total. The maximum absolute atomic E-state index is 10.5. The summed E-state index contributed by atoms with van der Waals surface area (Å²) in [5.74, 6) is 1.84. The Hall–Kier alpha value is -2.11. The van der Waals surface area contributed by atoms with E-state index >= 15 is 0 Å². The zero-order chi connectivity index (χ0) is 22.5. The zero-order valence-corrected chi connectivity index (χ0v) is 19.8. The van der Waals surface area contributed by atoms with Gasteiger partial charge in [-0.05, 0) is 47.1 Å². The highest BCUT2D eigenvalue weighted by atomic mass is 16.5. The standard InChI is InChI=1S/C26H39N3O2/c1-25(2,3)20-26(4,5)21-9-11-23(12-10-21)31-19-22(30)18-28-14-16-29(17-15-28)24-8-6-7-13-27-24/h6-13,22,30H,14-20H2,1-5H3/t22-/m1/s1. The number of hydrogen-bond acceptors (Lipinski definition) is 5. The summed E-state index contributed by atoms with van der Waals surface area (Å²) in [6, 6.07) is 14.4. The number of aliphatic hydroxyl groups is 1. The summed E-state index contributed by atoms with van der Waals surface area (Å²) in [6.07, 6.45) is 2.45. The Bertz CT molecular complexity index is 792. The lowest BCUT2D eigenvalue weighted by molar-refractivity contribution is 0.0662. The monoisotopic (exact) mass is 425 g/mol. The first-order valence-corrected chi connectivity index (χ1v) is 11.4. The van der Waals surface area contributed by atoms with Crippen molar-refractivity contribution < 1.29 is 9.84 Å². The molecule has 0 unspecified atom stereocenters. The smallest absolute Gasteiger partial charge is 0.128 e. The van der Waals surface area contributed by atoms with Crippen LogP contribution in [0.2, 0.25) is 0 Å². The minimum absolute atomic E-state index is 0.119. The number of aliphatic hydroxyl groups excluding tert-OH is 1. The molecule has 0 spiro atoms. The quantitative estimate of drug-likeness (QED) is 0.681. The van der Waals surface area contributed by atoms with Crippen LogP contribution >= 0.6 is 0 Å². The molecule has 1 N–H and O–H groups in total. The molecule has 2 aromatic rings. The van der Waals surface area contributed by atoms with E-state index in [0.29, 0.717) is 13.2 Å². The number of β-amino-alcohol motifs (C(OH)–C–C–N with tert-alkyl or cyclic N) is 1. The van der Waals surface area contributed by atoms with Crippen LogP contribution in [-0.2, 0) is 5.41 Å². The number of aromatic nitrogens is 1. The molecule has 170 valence electrons. The van der Waals surface area contributed by atoms with Gasteiger partial charge in [-0.15, -0.1) is 0 Å². The highest BCUT2D eigenvalue weighted by molar-refractivity contribution is 5.38. The molecule has 1 aliphatic heterocycles. The summed E-state index contributed by atoms with van der Waals surface area (Å²) >= 11 is 0. The molecule has 1 aliphatic rings. The van der Waals surface area contributed by atoms with Crippen LogP contribution in [-0.4, -0.2) is 60.4 Å². The van der Waals surface area contributed by atoms with E-state index in [9.17, 15) is 5.11 Å². The summed E-state index contributed by atoms with van der Waals surface area (Å²) in [7, 11) is 0. The predicted octanol–water partition coefficient (Wildman–Crippen LogP) is 4.36. The van der Waals surface area contributed by atoms with Crippen molar-refractivity contribution in [2.45, 2.75) is 52.6 Å². The first kappa shape index (κ1) is 23.6. The number of ether oxygens (including phenoxy) is 1. The molecular weight excluding hydrogens is 386 g/mol. The normalized spacial score (nSPS) is 16.9. The molecule has 5 heteroatoms. The molecule has 1 aromatic heterocycles. The minimum Gasteiger partial charge on any atom is -0.491 e. The van der Waals surface area contributed by atoms with Crippen molar-refractivity contribution in [2.75, 3.05) is 44.2 Å². The number of benzene rings is 1. The summed E-state index contributed by atoms with van der Waals surface area (Å²) < 4.78 is 5.87. The van der Waals surface area contributed by atoms with Crippen molar-refractivity contribution in [1.29, 1.82) is 0 Å². The highest BCUT2D eigenvalue weighted by Crippen LogP contribution is 2.36. The molecule has 1 fully saturated rings. The van der Waals surface area contributed by atoms with Crippen molar-refractivity contribution in [3.63, 3.8) is 0 Å². The van der Waals surface area contributed by atoms with Crippen LogP contribution < -0.4 is 9.64 Å². The highest BCUT2D eigenvalue weighted by Gasteiger charge is 2.27. The van der Waals surface area contributed by atoms with Gasteiger partial charge in [0.15, 0.2) is 0 Å². The molecule has 0 radical (unpaired) electrons. The molecule has 1 saturated heterocycles. The lowest BCUT2D eigenvalue weighted by Crippen LogP contribution is -2.49. The van der Waals surface area contributed by atoms with Gasteiger partial charge in [-0.25, -0.2) is 4.98 Å². The molecule has 0 amide bonds. The van der Waals surface area contributed by atoms with Crippen molar-refractivity contribution >= 4 is 5.82 Å². The van der Waals surface area contributed by atoms with Crippen LogP contribution in [0.1, 0.15) is 46.6 Å². The first-order valence-electron chi connectivity index (χ1n) is 11.4. The SMILES string of the molecule is CC(C)(C)CC(C)(C)c1ccc(OC[C@H](O)CN2CCN(c3ccccn3)CC2)cc1. The topological polar surface area (TPSA) is 48.8 Å². The third kappa shape index (κ3) is 7.22. The Labute approximate surface area is 188 Å². The van der Waals surface area contributed by atoms with Gasteiger partial charge in [0.2, 0.25) is 0 Å². The van der Waals surface area contributed by atoms with E-state index < -0.39 is 6.10 Å². The maximum atomic E-state index is 10.5. The van der Waals surface area contributed by atoms with Gasteiger partial charge in [-0.2, -0.15) is 0 Å². The van der Waals surface area contributed by atoms with Gasteiger partial charge in [0.1, 0.15) is 24.3 Å². The fraction of sp³-hybridized carbons (Fsp3) is 0.577.